The molecule has 0 spiro atoms. The lowest BCUT2D eigenvalue weighted by Crippen LogP contribution is -2.62. The normalized spacial score (nSPS) is 36.0. The number of carbonyl (C=O) groups is 4. The van der Waals surface area contributed by atoms with Gasteiger partial charge in [0.15, 0.2) is 0 Å². The molecule has 4 heterocycles. The minimum atomic E-state index is -1.13. The summed E-state index contributed by atoms with van der Waals surface area (Å²) >= 11 is 1.44. The van der Waals surface area contributed by atoms with Gasteiger partial charge < -0.3 is 31.1 Å². The molecule has 4 aliphatic heterocycles. The van der Waals surface area contributed by atoms with E-state index in [2.05, 4.69) is 5.32 Å². The Bertz CT molecular complexity index is 922. The molecule has 3 saturated heterocycles. The Morgan fingerprint density at radius 1 is 1.32 bits per heavy atom. The van der Waals surface area contributed by atoms with E-state index in [1.54, 1.807) is 11.8 Å². The van der Waals surface area contributed by atoms with Crippen LogP contribution in [0.1, 0.15) is 41.5 Å². The van der Waals surface area contributed by atoms with Gasteiger partial charge in [0.05, 0.1) is 24.1 Å². The molecule has 0 aromatic rings. The van der Waals surface area contributed by atoms with Gasteiger partial charge in [0.1, 0.15) is 11.5 Å². The molecular weight excluding hydrogens is 460 g/mol. The molecule has 0 bridgehead atoms. The van der Waals surface area contributed by atoms with Crippen molar-refractivity contribution in [2.75, 3.05) is 19.6 Å². The number of fused-ring (bicyclic) bond motifs is 1. The number of β-amino-alcohol motifs (C(OH)–C–C–N with tert-alkyl or cyclic N) is 1. The number of aliphatic carboxylic acids is 1. The second-order valence-electron chi connectivity index (χ2n) is 10.0. The van der Waals surface area contributed by atoms with Crippen LogP contribution in [-0.2, 0) is 19.2 Å². The Balaban J connectivity index is 0.00000342. The largest absolute Gasteiger partial charge is 0.477 e. The number of Topliss-reactive ketones (excluding diaryl/α,β-unsaturated/α-hetero) is 1. The fourth-order valence-electron chi connectivity index (χ4n) is 5.77. The Hall–Kier alpha value is -1.95. The molecule has 1 unspecified atom stereocenters. The molecule has 34 heavy (non-hydrogen) atoms. The molecule has 4 rings (SSSR count). The summed E-state index contributed by atoms with van der Waals surface area (Å²) < 4.78 is 0. The lowest BCUT2D eigenvalue weighted by Gasteiger charge is -2.47. The fraction of sp³-hybridized carbons (Fsp3) is 0.739. The summed E-state index contributed by atoms with van der Waals surface area (Å²) in [7, 11) is 0. The average Bonchev–Trinajstić information content (AvgIpc) is 3.44. The number of carboxylic acids is 1. The predicted octanol–water partition coefficient (Wildman–Crippen LogP) is 0.00470. The van der Waals surface area contributed by atoms with Crippen LogP contribution in [0.5, 0.6) is 0 Å². The number of ketones is 1. The third kappa shape index (κ3) is 4.27. The van der Waals surface area contributed by atoms with Crippen LogP contribution in [0.3, 0.4) is 0 Å². The van der Waals surface area contributed by atoms with Gasteiger partial charge >= 0.3 is 5.97 Å². The number of aliphatic hydroxyl groups excluding tert-OH is 1. The van der Waals surface area contributed by atoms with E-state index in [1.165, 1.54) is 16.7 Å². The molecule has 190 valence electrons. The Morgan fingerprint density at radius 2 is 2.03 bits per heavy atom. The zero-order chi connectivity index (χ0) is 24.9. The molecule has 2 amide bonds. The number of carbonyl (C=O) groups excluding carboxylic acids is 3. The van der Waals surface area contributed by atoms with Crippen molar-refractivity contribution in [3.8, 4) is 0 Å². The highest BCUT2D eigenvalue weighted by molar-refractivity contribution is 8.03. The van der Waals surface area contributed by atoms with Crippen molar-refractivity contribution in [2.45, 2.75) is 69.5 Å². The van der Waals surface area contributed by atoms with Crippen LogP contribution in [0.2, 0.25) is 0 Å². The summed E-state index contributed by atoms with van der Waals surface area (Å²) in [6.45, 7) is 6.72. The Morgan fingerprint density at radius 3 is 2.62 bits per heavy atom. The average molecular weight is 497 g/mol. The number of β-lactam (4-membered cyclic amide) rings is 1. The quantitative estimate of drug-likeness (QED) is 0.340. The molecular formula is C23H36N4O6S. The summed E-state index contributed by atoms with van der Waals surface area (Å²) in [5, 5.41) is 23.0. The smallest absolute Gasteiger partial charge is 0.353 e. The number of likely N-dealkylation sites (tertiary alicyclic amines) is 1. The zero-order valence-electron chi connectivity index (χ0n) is 19.8. The number of hydrogen-bond acceptors (Lipinski definition) is 8. The number of carboxylic acid groups (broad SMARTS) is 1. The number of nitrogens with two attached hydrogens (primary N) is 1. The van der Waals surface area contributed by atoms with Crippen LogP contribution in [0.4, 0.5) is 0 Å². The maximum atomic E-state index is 13.0. The van der Waals surface area contributed by atoms with Gasteiger partial charge in [-0.2, -0.15) is 0 Å². The van der Waals surface area contributed by atoms with Gasteiger partial charge in [0.2, 0.25) is 11.8 Å². The second kappa shape index (κ2) is 9.60. The number of aliphatic hydroxyl groups is 1. The molecule has 11 heteroatoms. The van der Waals surface area contributed by atoms with E-state index in [1.807, 2.05) is 13.8 Å². The van der Waals surface area contributed by atoms with E-state index in [9.17, 15) is 29.4 Å². The lowest BCUT2D eigenvalue weighted by atomic mass is 9.73. The van der Waals surface area contributed by atoms with E-state index < -0.39 is 24.2 Å². The van der Waals surface area contributed by atoms with Crippen molar-refractivity contribution in [1.82, 2.24) is 15.1 Å². The van der Waals surface area contributed by atoms with E-state index >= 15 is 0 Å². The highest BCUT2D eigenvalue weighted by Crippen LogP contribution is 2.53. The van der Waals surface area contributed by atoms with Crippen LogP contribution < -0.4 is 11.1 Å². The van der Waals surface area contributed by atoms with Crippen LogP contribution in [0.25, 0.3) is 0 Å². The number of hydrogen-bond donors (Lipinski definition) is 4. The molecule has 0 saturated carbocycles. The third-order valence-electron chi connectivity index (χ3n) is 7.68. The van der Waals surface area contributed by atoms with E-state index in [-0.39, 0.29) is 60.3 Å². The first kappa shape index (κ1) is 25.2. The van der Waals surface area contributed by atoms with Crippen molar-refractivity contribution in [1.29, 1.82) is 0 Å². The minimum absolute atomic E-state index is 0. The lowest BCUT2D eigenvalue weighted by molar-refractivity contribution is -0.160. The predicted molar refractivity (Wildman–Crippen MR) is 127 cm³/mol. The molecule has 0 radical (unpaired) electrons. The molecule has 0 aromatic heterocycles. The SMILES string of the molecule is CCC(=O)C[C@H](C)[C@H]1C(=O)N2C(C(=O)O)=C(S[C@@H]3CN[C@H](C(=O)N4C[C@@H](O)[C@@H](N)C4)C3)[C@H](C)C12.[HH]. The van der Waals surface area contributed by atoms with Crippen molar-refractivity contribution >= 4 is 35.3 Å². The van der Waals surface area contributed by atoms with Crippen LogP contribution in [0, 0.1) is 17.8 Å². The van der Waals surface area contributed by atoms with E-state index in [0.717, 1.165) is 0 Å². The number of amides is 2. The Kier molecular flexibility index (Phi) is 7.10. The van der Waals surface area contributed by atoms with E-state index in [0.29, 0.717) is 37.3 Å². The number of thioether (sulfide) groups is 1. The molecule has 0 aromatic carbocycles. The third-order valence-corrected chi connectivity index (χ3v) is 9.19. The second-order valence-corrected chi connectivity index (χ2v) is 11.4. The van der Waals surface area contributed by atoms with Crippen molar-refractivity contribution in [3.05, 3.63) is 10.6 Å². The maximum absolute atomic E-state index is 13.0. The summed E-state index contributed by atoms with van der Waals surface area (Å²) in [5.41, 5.74) is 5.87. The zero-order valence-corrected chi connectivity index (χ0v) is 20.6. The van der Waals surface area contributed by atoms with Gasteiger partial charge in [-0.15, -0.1) is 11.8 Å². The van der Waals surface area contributed by atoms with Crippen molar-refractivity contribution < 1.29 is 30.8 Å². The summed E-state index contributed by atoms with van der Waals surface area (Å²) in [6.07, 6.45) is 0.548. The fourth-order valence-corrected chi connectivity index (χ4v) is 7.25. The molecule has 8 atom stereocenters. The summed E-state index contributed by atoms with van der Waals surface area (Å²) in [4.78, 5) is 53.5. The highest BCUT2D eigenvalue weighted by Gasteiger charge is 2.60. The standard InChI is InChI=1S/C23H34N4O6S.H2/c1-4-12(28)5-10(2)17-18-11(3)20(19(23(32)33)27(18)22(17)31)34-13-6-15(25-7-13)21(30)26-8-14(24)16(29)9-26;/h10-11,13-18,25,29H,4-9,24H2,1-3H3,(H,32,33);1H/t10-,11+,13-,14-,15-,16+,17+,18?;/m0./s1. The molecule has 5 N–H and O–H groups in total. The number of nitrogens with one attached hydrogen (secondary N) is 1. The number of rotatable bonds is 8. The first-order valence-corrected chi connectivity index (χ1v) is 12.9. The highest BCUT2D eigenvalue weighted by atomic mass is 32.2. The van der Waals surface area contributed by atoms with Crippen molar-refractivity contribution in [2.24, 2.45) is 23.5 Å². The van der Waals surface area contributed by atoms with Gasteiger partial charge in [0.25, 0.3) is 0 Å². The van der Waals surface area contributed by atoms with Gasteiger partial charge in [0, 0.05) is 56.0 Å². The summed E-state index contributed by atoms with van der Waals surface area (Å²) in [6, 6.07) is -1.10. The van der Waals surface area contributed by atoms with Crippen LogP contribution in [0.15, 0.2) is 10.6 Å². The first-order valence-electron chi connectivity index (χ1n) is 12.0. The van der Waals surface area contributed by atoms with Crippen LogP contribution >= 0.6 is 11.8 Å². The topological polar surface area (TPSA) is 153 Å². The van der Waals surface area contributed by atoms with E-state index in [4.69, 9.17) is 5.73 Å². The molecule has 4 aliphatic rings. The molecule has 0 aliphatic carbocycles. The molecule has 10 nitrogen and oxygen atoms in total. The van der Waals surface area contributed by atoms with Crippen LogP contribution in [-0.4, -0.2) is 92.7 Å². The maximum Gasteiger partial charge on any atom is 0.353 e. The minimum Gasteiger partial charge on any atom is -0.477 e. The van der Waals surface area contributed by atoms with Gasteiger partial charge in [-0.3, -0.25) is 14.4 Å². The van der Waals surface area contributed by atoms with Gasteiger partial charge in [-0.05, 0) is 12.3 Å². The van der Waals surface area contributed by atoms with Gasteiger partial charge in [-0.1, -0.05) is 20.8 Å². The molecule has 3 fully saturated rings. The Labute approximate surface area is 204 Å². The van der Waals surface area contributed by atoms with Gasteiger partial charge in [-0.25, -0.2) is 4.79 Å². The monoisotopic (exact) mass is 496 g/mol. The summed E-state index contributed by atoms with van der Waals surface area (Å²) in [5.74, 6) is -2.00. The number of nitrogens with zero attached hydrogens (tertiary/aromatic N) is 2. The first-order chi connectivity index (χ1) is 16.0. The van der Waals surface area contributed by atoms with Crippen molar-refractivity contribution in [3.63, 3.8) is 0 Å².